The van der Waals surface area contributed by atoms with E-state index in [0.717, 1.165) is 0 Å². The highest BCUT2D eigenvalue weighted by Gasteiger charge is 2.14. The number of aldehydes is 1. The predicted octanol–water partition coefficient (Wildman–Crippen LogP) is 3.02. The number of esters is 1. The van der Waals surface area contributed by atoms with Crippen LogP contribution in [0.5, 0.6) is 0 Å². The fourth-order valence-corrected chi connectivity index (χ4v) is 2.36. The first kappa shape index (κ1) is 14.1. The van der Waals surface area contributed by atoms with E-state index in [4.69, 9.17) is 4.42 Å². The Labute approximate surface area is 124 Å². The van der Waals surface area contributed by atoms with Gasteiger partial charge in [0.05, 0.1) is 13.7 Å². The van der Waals surface area contributed by atoms with Crippen LogP contribution in [0.1, 0.15) is 26.7 Å². The number of rotatable bonds is 4. The van der Waals surface area contributed by atoms with E-state index in [2.05, 4.69) is 4.74 Å². The molecule has 5 nitrogen and oxygen atoms in total. The normalized spacial score (nSPS) is 10.8. The summed E-state index contributed by atoms with van der Waals surface area (Å²) >= 11 is 0. The van der Waals surface area contributed by atoms with Crippen LogP contribution in [-0.2, 0) is 11.3 Å². The van der Waals surface area contributed by atoms with Gasteiger partial charge >= 0.3 is 5.97 Å². The molecule has 0 saturated carbocycles. The van der Waals surface area contributed by atoms with E-state index in [0.29, 0.717) is 35.1 Å². The molecule has 3 rings (SSSR count). The third-order valence-electron chi connectivity index (χ3n) is 3.38. The summed E-state index contributed by atoms with van der Waals surface area (Å²) in [5, 5.41) is 0.537. The van der Waals surface area contributed by atoms with Gasteiger partial charge in [-0.15, -0.1) is 0 Å². The van der Waals surface area contributed by atoms with E-state index in [-0.39, 0.29) is 5.76 Å². The molecule has 1 aromatic carbocycles. The van der Waals surface area contributed by atoms with Gasteiger partial charge in [0, 0.05) is 22.7 Å². The first-order chi connectivity index (χ1) is 10.6. The van der Waals surface area contributed by atoms with Gasteiger partial charge in [0.25, 0.3) is 0 Å². The quantitative estimate of drug-likeness (QED) is 0.549. The SMILES string of the molecule is COC(=O)c1ccc(Cn2cc(C=O)c3cc(F)ccc32)o1. The molecule has 2 aromatic heterocycles. The summed E-state index contributed by atoms with van der Waals surface area (Å²) < 4.78 is 25.1. The zero-order valence-electron chi connectivity index (χ0n) is 11.7. The average Bonchev–Trinajstić information content (AvgIpc) is 3.11. The molecule has 3 aromatic rings. The zero-order chi connectivity index (χ0) is 15.7. The van der Waals surface area contributed by atoms with Crippen LogP contribution >= 0.6 is 0 Å². The van der Waals surface area contributed by atoms with Crippen LogP contribution in [0.25, 0.3) is 10.9 Å². The van der Waals surface area contributed by atoms with Gasteiger partial charge in [-0.05, 0) is 30.3 Å². The molecule has 0 N–H and O–H groups in total. The number of hydrogen-bond donors (Lipinski definition) is 0. The molecule has 112 valence electrons. The predicted molar refractivity (Wildman–Crippen MR) is 76.4 cm³/mol. The Balaban J connectivity index is 1.99. The second kappa shape index (κ2) is 5.48. The van der Waals surface area contributed by atoms with Gasteiger partial charge < -0.3 is 13.7 Å². The Morgan fingerprint density at radius 2 is 2.18 bits per heavy atom. The van der Waals surface area contributed by atoms with Crippen molar-refractivity contribution in [2.75, 3.05) is 7.11 Å². The number of carbonyl (C=O) groups excluding carboxylic acids is 2. The van der Waals surface area contributed by atoms with Crippen LogP contribution in [0.4, 0.5) is 4.39 Å². The van der Waals surface area contributed by atoms with Gasteiger partial charge in [0.2, 0.25) is 5.76 Å². The lowest BCUT2D eigenvalue weighted by Gasteiger charge is -2.02. The fourth-order valence-electron chi connectivity index (χ4n) is 2.36. The smallest absolute Gasteiger partial charge is 0.373 e. The largest absolute Gasteiger partial charge is 0.463 e. The molecular weight excluding hydrogens is 289 g/mol. The molecule has 2 heterocycles. The molecule has 0 bridgehead atoms. The Kier molecular flexibility index (Phi) is 3.50. The van der Waals surface area contributed by atoms with Gasteiger partial charge in [0.1, 0.15) is 11.6 Å². The number of furan rings is 1. The van der Waals surface area contributed by atoms with Gasteiger partial charge in [-0.3, -0.25) is 4.79 Å². The van der Waals surface area contributed by atoms with E-state index < -0.39 is 11.8 Å². The van der Waals surface area contributed by atoms with Crippen LogP contribution in [0.3, 0.4) is 0 Å². The van der Waals surface area contributed by atoms with Crippen molar-refractivity contribution in [3.63, 3.8) is 0 Å². The van der Waals surface area contributed by atoms with Crippen molar-refractivity contribution >= 4 is 23.2 Å². The number of methoxy groups -OCH3 is 1. The minimum Gasteiger partial charge on any atom is -0.463 e. The number of carbonyl (C=O) groups is 2. The summed E-state index contributed by atoms with van der Waals surface area (Å²) in [6, 6.07) is 7.42. The van der Waals surface area contributed by atoms with Gasteiger partial charge in [0.15, 0.2) is 6.29 Å². The highest BCUT2D eigenvalue weighted by molar-refractivity contribution is 5.97. The molecule has 22 heavy (non-hydrogen) atoms. The van der Waals surface area contributed by atoms with E-state index >= 15 is 0 Å². The number of nitrogens with zero attached hydrogens (tertiary/aromatic N) is 1. The molecule has 0 radical (unpaired) electrons. The maximum absolute atomic E-state index is 13.3. The second-order valence-corrected chi connectivity index (χ2v) is 4.75. The summed E-state index contributed by atoms with van der Waals surface area (Å²) in [6.45, 7) is 0.312. The number of hydrogen-bond acceptors (Lipinski definition) is 4. The van der Waals surface area contributed by atoms with Crippen molar-refractivity contribution in [1.29, 1.82) is 0 Å². The lowest BCUT2D eigenvalue weighted by atomic mass is 10.2. The molecule has 0 saturated heterocycles. The molecule has 0 fully saturated rings. The monoisotopic (exact) mass is 301 g/mol. The van der Waals surface area contributed by atoms with E-state index in [1.54, 1.807) is 22.9 Å². The molecule has 6 heteroatoms. The number of halogens is 1. The maximum atomic E-state index is 13.3. The Morgan fingerprint density at radius 1 is 1.36 bits per heavy atom. The number of benzene rings is 1. The zero-order valence-corrected chi connectivity index (χ0v) is 11.7. The lowest BCUT2D eigenvalue weighted by molar-refractivity contribution is 0.0563. The first-order valence-electron chi connectivity index (χ1n) is 6.53. The van der Waals surface area contributed by atoms with Crippen LogP contribution in [0.2, 0.25) is 0 Å². The summed E-state index contributed by atoms with van der Waals surface area (Å²) in [7, 11) is 1.27. The Hall–Kier alpha value is -2.89. The Bertz CT molecular complexity index is 862. The molecule has 0 aliphatic heterocycles. The average molecular weight is 301 g/mol. The number of aromatic nitrogens is 1. The third-order valence-corrected chi connectivity index (χ3v) is 3.38. The van der Waals surface area contributed by atoms with Crippen molar-refractivity contribution in [3.8, 4) is 0 Å². The Morgan fingerprint density at radius 3 is 2.91 bits per heavy atom. The second-order valence-electron chi connectivity index (χ2n) is 4.75. The summed E-state index contributed by atoms with van der Waals surface area (Å²) in [5.74, 6) is -0.326. The molecule has 0 atom stereocenters. The van der Waals surface area contributed by atoms with Crippen molar-refractivity contribution in [2.24, 2.45) is 0 Å². The van der Waals surface area contributed by atoms with Crippen LogP contribution in [-0.4, -0.2) is 23.9 Å². The molecule has 0 spiro atoms. The topological polar surface area (TPSA) is 61.4 Å². The van der Waals surface area contributed by atoms with Crippen molar-refractivity contribution in [3.05, 3.63) is 59.4 Å². The number of ether oxygens (including phenoxy) is 1. The van der Waals surface area contributed by atoms with Crippen LogP contribution in [0, 0.1) is 5.82 Å². The highest BCUT2D eigenvalue weighted by atomic mass is 19.1. The first-order valence-corrected chi connectivity index (χ1v) is 6.53. The van der Waals surface area contributed by atoms with Crippen molar-refractivity contribution in [2.45, 2.75) is 6.54 Å². The summed E-state index contributed by atoms with van der Waals surface area (Å²) in [5.41, 5.74) is 1.11. The van der Waals surface area contributed by atoms with Crippen molar-refractivity contribution < 1.29 is 23.1 Å². The molecular formula is C16H12FNO4. The number of fused-ring (bicyclic) bond motifs is 1. The van der Waals surface area contributed by atoms with E-state index in [1.807, 2.05) is 0 Å². The summed E-state index contributed by atoms with van der Waals surface area (Å²) in [6.07, 6.45) is 2.30. The molecule has 0 amide bonds. The van der Waals surface area contributed by atoms with Crippen LogP contribution < -0.4 is 0 Å². The minimum atomic E-state index is -0.556. The minimum absolute atomic E-state index is 0.107. The van der Waals surface area contributed by atoms with E-state index in [1.165, 1.54) is 25.3 Å². The molecule has 0 aliphatic carbocycles. The summed E-state index contributed by atoms with van der Waals surface area (Å²) in [4.78, 5) is 22.5. The highest BCUT2D eigenvalue weighted by Crippen LogP contribution is 2.23. The van der Waals surface area contributed by atoms with Crippen molar-refractivity contribution in [1.82, 2.24) is 4.57 Å². The maximum Gasteiger partial charge on any atom is 0.373 e. The van der Waals surface area contributed by atoms with Crippen LogP contribution in [0.15, 0.2) is 40.9 Å². The fraction of sp³-hybridized carbons (Fsp3) is 0.125. The molecule has 0 unspecified atom stereocenters. The standard InChI is InChI=1S/C16H12FNO4/c1-21-16(20)15-5-3-12(22-15)8-18-7-10(9-19)13-6-11(17)2-4-14(13)18/h2-7,9H,8H2,1H3. The molecule has 0 aliphatic rings. The van der Waals surface area contributed by atoms with E-state index in [9.17, 15) is 14.0 Å². The van der Waals surface area contributed by atoms with Gasteiger partial charge in [-0.2, -0.15) is 0 Å². The lowest BCUT2D eigenvalue weighted by Crippen LogP contribution is -1.99. The third kappa shape index (κ3) is 2.39. The van der Waals surface area contributed by atoms with Gasteiger partial charge in [-0.25, -0.2) is 9.18 Å². The van der Waals surface area contributed by atoms with Gasteiger partial charge in [-0.1, -0.05) is 0 Å².